The van der Waals surface area contributed by atoms with Crippen LogP contribution in [0.15, 0.2) is 24.3 Å². The molecular weight excluding hydrogens is 202 g/mol. The van der Waals surface area contributed by atoms with Gasteiger partial charge in [-0.3, -0.25) is 0 Å². The van der Waals surface area contributed by atoms with Crippen LogP contribution in [0.1, 0.15) is 29.0 Å². The normalized spacial score (nSPS) is 20.7. The highest BCUT2D eigenvalue weighted by Crippen LogP contribution is 2.18. The van der Waals surface area contributed by atoms with Gasteiger partial charge in [0.25, 0.3) is 0 Å². The van der Waals surface area contributed by atoms with E-state index in [1.807, 2.05) is 11.3 Å². The van der Waals surface area contributed by atoms with E-state index >= 15 is 0 Å². The van der Waals surface area contributed by atoms with Crippen LogP contribution in [0.3, 0.4) is 0 Å². The fourth-order valence-corrected chi connectivity index (χ4v) is 2.88. The Balaban J connectivity index is 1.68. The van der Waals surface area contributed by atoms with Crippen LogP contribution >= 0.6 is 11.3 Å². The van der Waals surface area contributed by atoms with Gasteiger partial charge in [0, 0.05) is 16.3 Å². The third-order valence-electron chi connectivity index (χ3n) is 2.91. The van der Waals surface area contributed by atoms with Gasteiger partial charge in [-0.1, -0.05) is 12.2 Å². The topological polar surface area (TPSA) is 12.0 Å². The highest BCUT2D eigenvalue weighted by Gasteiger charge is 2.08. The Morgan fingerprint density at radius 3 is 3.00 bits per heavy atom. The molecule has 0 saturated carbocycles. The number of aryl methyl sites for hydroxylation is 1. The first kappa shape index (κ1) is 10.9. The van der Waals surface area contributed by atoms with Gasteiger partial charge in [-0.25, -0.2) is 0 Å². The summed E-state index contributed by atoms with van der Waals surface area (Å²) in [6.07, 6.45) is 8.51. The molecule has 0 bridgehead atoms. The summed E-state index contributed by atoms with van der Waals surface area (Å²) in [5.74, 6) is 0.857. The van der Waals surface area contributed by atoms with Gasteiger partial charge >= 0.3 is 0 Å². The zero-order valence-electron chi connectivity index (χ0n) is 9.33. The van der Waals surface area contributed by atoms with Crippen molar-refractivity contribution in [2.24, 2.45) is 5.92 Å². The molecule has 0 aliphatic heterocycles. The van der Waals surface area contributed by atoms with Crippen LogP contribution in [0.5, 0.6) is 0 Å². The maximum Gasteiger partial charge on any atom is 0.0299 e. The maximum absolute atomic E-state index is 3.56. The molecule has 2 rings (SSSR count). The molecule has 1 N–H and O–H groups in total. The Morgan fingerprint density at radius 1 is 1.40 bits per heavy atom. The molecule has 1 heterocycles. The van der Waals surface area contributed by atoms with Crippen molar-refractivity contribution in [1.29, 1.82) is 0 Å². The predicted molar refractivity (Wildman–Crippen MR) is 67.2 cm³/mol. The molecule has 1 atom stereocenters. The van der Waals surface area contributed by atoms with E-state index in [4.69, 9.17) is 0 Å². The summed E-state index contributed by atoms with van der Waals surface area (Å²) in [7, 11) is 0. The van der Waals surface area contributed by atoms with Crippen molar-refractivity contribution in [1.82, 2.24) is 5.32 Å². The summed E-state index contributed by atoms with van der Waals surface area (Å²) < 4.78 is 0. The molecule has 0 spiro atoms. The SMILES string of the molecule is Cc1ccc(CNCC2CC=CCC2)s1. The second kappa shape index (κ2) is 5.47. The first-order valence-corrected chi connectivity index (χ1v) is 6.57. The predicted octanol–water partition coefficient (Wildman–Crippen LogP) is 3.50. The molecule has 82 valence electrons. The van der Waals surface area contributed by atoms with Gasteiger partial charge in [-0.05, 0) is 50.8 Å². The number of hydrogen-bond acceptors (Lipinski definition) is 2. The Bertz CT molecular complexity index is 327. The molecule has 0 radical (unpaired) electrons. The number of thiophene rings is 1. The van der Waals surface area contributed by atoms with Crippen molar-refractivity contribution in [3.8, 4) is 0 Å². The van der Waals surface area contributed by atoms with Crippen molar-refractivity contribution in [2.45, 2.75) is 32.7 Å². The molecule has 0 saturated heterocycles. The van der Waals surface area contributed by atoms with Crippen LogP contribution in [-0.2, 0) is 6.54 Å². The summed E-state index contributed by atoms with van der Waals surface area (Å²) in [4.78, 5) is 2.87. The van der Waals surface area contributed by atoms with Gasteiger partial charge in [-0.2, -0.15) is 0 Å². The lowest BCUT2D eigenvalue weighted by molar-refractivity contribution is 0.441. The van der Waals surface area contributed by atoms with Crippen molar-refractivity contribution >= 4 is 11.3 Å². The fraction of sp³-hybridized carbons (Fsp3) is 0.538. The molecular formula is C13H19NS. The second-order valence-electron chi connectivity index (χ2n) is 4.29. The molecule has 0 fully saturated rings. The minimum atomic E-state index is 0.857. The second-order valence-corrected chi connectivity index (χ2v) is 5.67. The van der Waals surface area contributed by atoms with Gasteiger partial charge in [0.2, 0.25) is 0 Å². The molecule has 1 nitrogen and oxygen atoms in total. The molecule has 1 aromatic heterocycles. The number of rotatable bonds is 4. The third kappa shape index (κ3) is 3.47. The van der Waals surface area contributed by atoms with Crippen molar-refractivity contribution in [3.05, 3.63) is 34.0 Å². The first-order valence-electron chi connectivity index (χ1n) is 5.75. The lowest BCUT2D eigenvalue weighted by Gasteiger charge is -2.17. The van der Waals surface area contributed by atoms with E-state index < -0.39 is 0 Å². The standard InChI is InChI=1S/C13H19NS/c1-11-7-8-13(15-11)10-14-9-12-5-3-2-4-6-12/h2-3,7-8,12,14H,4-6,9-10H2,1H3. The van der Waals surface area contributed by atoms with E-state index in [1.54, 1.807) is 0 Å². The van der Waals surface area contributed by atoms with Gasteiger partial charge in [0.05, 0.1) is 0 Å². The van der Waals surface area contributed by atoms with E-state index in [0.29, 0.717) is 0 Å². The summed E-state index contributed by atoms with van der Waals surface area (Å²) in [6, 6.07) is 4.43. The summed E-state index contributed by atoms with van der Waals surface area (Å²) in [5.41, 5.74) is 0. The van der Waals surface area contributed by atoms with Crippen LogP contribution in [0, 0.1) is 12.8 Å². The van der Waals surface area contributed by atoms with Crippen LogP contribution in [-0.4, -0.2) is 6.54 Å². The van der Waals surface area contributed by atoms with Crippen LogP contribution in [0.25, 0.3) is 0 Å². The Morgan fingerprint density at radius 2 is 2.33 bits per heavy atom. The van der Waals surface area contributed by atoms with Crippen LogP contribution in [0.2, 0.25) is 0 Å². The third-order valence-corrected chi connectivity index (χ3v) is 3.91. The van der Waals surface area contributed by atoms with E-state index in [9.17, 15) is 0 Å². The zero-order chi connectivity index (χ0) is 10.5. The van der Waals surface area contributed by atoms with Crippen LogP contribution in [0.4, 0.5) is 0 Å². The average molecular weight is 221 g/mol. The van der Waals surface area contributed by atoms with Crippen molar-refractivity contribution in [2.75, 3.05) is 6.54 Å². The molecule has 1 aromatic rings. The zero-order valence-corrected chi connectivity index (χ0v) is 10.1. The molecule has 1 unspecified atom stereocenters. The van der Waals surface area contributed by atoms with E-state index in [2.05, 4.69) is 36.5 Å². The van der Waals surface area contributed by atoms with E-state index in [1.165, 1.54) is 35.6 Å². The highest BCUT2D eigenvalue weighted by molar-refractivity contribution is 7.11. The quantitative estimate of drug-likeness (QED) is 0.767. The molecule has 2 heteroatoms. The molecule has 1 aliphatic carbocycles. The smallest absolute Gasteiger partial charge is 0.0299 e. The monoisotopic (exact) mass is 221 g/mol. The number of hydrogen-bond donors (Lipinski definition) is 1. The summed E-state index contributed by atoms with van der Waals surface area (Å²) in [6.45, 7) is 4.38. The average Bonchev–Trinajstić information content (AvgIpc) is 2.66. The molecule has 15 heavy (non-hydrogen) atoms. The lowest BCUT2D eigenvalue weighted by atomic mass is 9.94. The van der Waals surface area contributed by atoms with Gasteiger partial charge in [-0.15, -0.1) is 11.3 Å². The van der Waals surface area contributed by atoms with E-state index in [0.717, 1.165) is 12.5 Å². The van der Waals surface area contributed by atoms with Gasteiger partial charge in [0.15, 0.2) is 0 Å². The first-order chi connectivity index (χ1) is 7.34. The Labute approximate surface area is 96.2 Å². The molecule has 0 aromatic carbocycles. The van der Waals surface area contributed by atoms with Gasteiger partial charge < -0.3 is 5.32 Å². The lowest BCUT2D eigenvalue weighted by Crippen LogP contribution is -2.22. The molecule has 0 amide bonds. The Kier molecular flexibility index (Phi) is 3.98. The summed E-state index contributed by atoms with van der Waals surface area (Å²) in [5, 5.41) is 3.56. The number of nitrogens with one attached hydrogen (secondary N) is 1. The van der Waals surface area contributed by atoms with Crippen molar-refractivity contribution < 1.29 is 0 Å². The molecule has 1 aliphatic rings. The minimum absolute atomic E-state index is 0.857. The van der Waals surface area contributed by atoms with Gasteiger partial charge in [0.1, 0.15) is 0 Å². The largest absolute Gasteiger partial charge is 0.312 e. The summed E-state index contributed by atoms with van der Waals surface area (Å²) >= 11 is 1.90. The number of allylic oxidation sites excluding steroid dienone is 2. The maximum atomic E-state index is 3.56. The van der Waals surface area contributed by atoms with Crippen LogP contribution < -0.4 is 5.32 Å². The Hall–Kier alpha value is -0.600. The minimum Gasteiger partial charge on any atom is -0.312 e. The highest BCUT2D eigenvalue weighted by atomic mass is 32.1. The van der Waals surface area contributed by atoms with E-state index in [-0.39, 0.29) is 0 Å². The fourth-order valence-electron chi connectivity index (χ4n) is 2.02. The van der Waals surface area contributed by atoms with Crippen molar-refractivity contribution in [3.63, 3.8) is 0 Å².